The molecule has 0 spiro atoms. The van der Waals surface area contributed by atoms with Gasteiger partial charge < -0.3 is 62.6 Å². The molecule has 1 fully saturated rings. The van der Waals surface area contributed by atoms with Crippen LogP contribution in [0.2, 0.25) is 18.1 Å². The summed E-state index contributed by atoms with van der Waals surface area (Å²) in [6.45, 7) is 9.50. The number of rotatable bonds is 29. The third-order valence-electron chi connectivity index (χ3n) is 8.81. The zero-order valence-electron chi connectivity index (χ0n) is 35.4. The van der Waals surface area contributed by atoms with E-state index in [0.29, 0.717) is 44.2 Å². The highest BCUT2D eigenvalue weighted by Gasteiger charge is 2.39. The molecule has 1 aliphatic rings. The fourth-order valence-corrected chi connectivity index (χ4v) is 11.3. The van der Waals surface area contributed by atoms with Crippen LogP contribution >= 0.6 is 0 Å². The highest BCUT2D eigenvalue weighted by Crippen LogP contribution is 2.17. The third-order valence-corrected chi connectivity index (χ3v) is 19.5. The Hall–Kier alpha value is -1.80. The van der Waals surface area contributed by atoms with Crippen LogP contribution in [0, 0.1) is 0 Å². The number of hydrogen-bond donors (Lipinski definition) is 0. The van der Waals surface area contributed by atoms with Crippen LogP contribution < -0.4 is 17.1 Å². The third kappa shape index (κ3) is 18.2. The first kappa shape index (κ1) is 57.3. The maximum Gasteiger partial charge on any atom is 0.528 e. The van der Waals surface area contributed by atoms with Crippen LogP contribution in [0.5, 0.6) is 0 Å². The minimum Gasteiger partial charge on any atom is -0.379 e. The minimum absolute atomic E-state index is 0. The lowest BCUT2D eigenvalue weighted by Crippen LogP contribution is -2.54. The molecule has 0 radical (unpaired) electrons. The van der Waals surface area contributed by atoms with Crippen LogP contribution in [0.4, 0.5) is 0 Å². The van der Waals surface area contributed by atoms with Crippen LogP contribution in [0.1, 0.15) is 26.7 Å². The van der Waals surface area contributed by atoms with Crippen molar-refractivity contribution in [3.63, 3.8) is 0 Å². The molecule has 0 bridgehead atoms. The molecule has 1 aromatic heterocycles. The Morgan fingerprint density at radius 1 is 0.579 bits per heavy atom. The van der Waals surface area contributed by atoms with Crippen molar-refractivity contribution in [3.05, 3.63) is 56.4 Å². The van der Waals surface area contributed by atoms with Crippen molar-refractivity contribution in [2.45, 2.75) is 70.6 Å². The van der Waals surface area contributed by atoms with Gasteiger partial charge in [-0.25, -0.2) is 28.1 Å². The molecule has 20 nitrogen and oxygen atoms in total. The maximum absolute atomic E-state index is 13.0. The van der Waals surface area contributed by atoms with E-state index in [1.54, 1.807) is 48.4 Å². The van der Waals surface area contributed by atoms with Crippen LogP contribution in [0.3, 0.4) is 0 Å². The largest absolute Gasteiger partial charge is 0.528 e. The average Bonchev–Trinajstić information content (AvgIpc) is 4.07. The Bertz CT molecular complexity index is 1310. The van der Waals surface area contributed by atoms with Crippen molar-refractivity contribution in [2.24, 2.45) is 0 Å². The van der Waals surface area contributed by atoms with Crippen molar-refractivity contribution < 1.29 is 62.6 Å². The highest BCUT2D eigenvalue weighted by molar-refractivity contribution is 6.66. The number of hydrogen-bond acceptors (Lipinski definition) is 17. The number of allylic oxidation sites excluding steroid dienone is 1. The standard InChI is InChI=1S/C18H35N3O9Si2.C9H20O5Si.C5H12O3Si.CH4/c1-8-11-19-16(22)20(12-9-14-31(25-2,26-3)27-4)18(24)21(17(19)23)13-10-15-32(28-5,29-6)30-7;1-10-15(11-2,12-3)6-4-5-13-7-9-8-14-9;1-5-9(6-2,7-3)8-4;/h8H,1,9-15H2,2-7H3;9H,4-8H2,1-3H3;5H,1H2,2-4H3;1H4. The molecule has 1 aliphatic heterocycles. The quantitative estimate of drug-likeness (QED) is 0.0488. The van der Waals surface area contributed by atoms with Crippen molar-refractivity contribution >= 4 is 35.2 Å². The van der Waals surface area contributed by atoms with Gasteiger partial charge in [0.1, 0.15) is 6.10 Å². The molecule has 0 amide bonds. The summed E-state index contributed by atoms with van der Waals surface area (Å²) < 4.78 is 76.5. The lowest BCUT2D eigenvalue weighted by atomic mass is 10.4. The zero-order valence-corrected chi connectivity index (χ0v) is 39.4. The van der Waals surface area contributed by atoms with Gasteiger partial charge in [-0.15, -0.1) is 6.58 Å². The molecule has 1 saturated heterocycles. The van der Waals surface area contributed by atoms with Gasteiger partial charge in [0.25, 0.3) is 0 Å². The Labute approximate surface area is 342 Å². The van der Waals surface area contributed by atoms with Gasteiger partial charge in [-0.2, -0.15) is 0 Å². The molecule has 0 aromatic carbocycles. The second-order valence-electron chi connectivity index (χ2n) is 11.7. The molecular weight excluding hydrogens is 823 g/mol. The molecule has 1 atom stereocenters. The smallest absolute Gasteiger partial charge is 0.379 e. The van der Waals surface area contributed by atoms with E-state index in [2.05, 4.69) is 13.2 Å². The predicted octanol–water partition coefficient (Wildman–Crippen LogP) is 1.79. The van der Waals surface area contributed by atoms with E-state index in [-0.39, 0.29) is 27.1 Å². The van der Waals surface area contributed by atoms with Gasteiger partial charge in [-0.1, -0.05) is 20.1 Å². The van der Waals surface area contributed by atoms with Gasteiger partial charge in [0.15, 0.2) is 0 Å². The summed E-state index contributed by atoms with van der Waals surface area (Å²) in [6, 6.07) is 1.57. The summed E-state index contributed by atoms with van der Waals surface area (Å²) in [4.78, 5) is 38.7. The minimum atomic E-state index is -2.86. The van der Waals surface area contributed by atoms with Crippen LogP contribution in [0.15, 0.2) is 39.3 Å². The van der Waals surface area contributed by atoms with Crippen LogP contribution in [0.25, 0.3) is 0 Å². The van der Waals surface area contributed by atoms with E-state index in [4.69, 9.17) is 62.6 Å². The highest BCUT2D eigenvalue weighted by atomic mass is 28.4. The number of ether oxygens (including phenoxy) is 2. The first-order valence-electron chi connectivity index (χ1n) is 17.7. The Balaban J connectivity index is 0. The van der Waals surface area contributed by atoms with Crippen LogP contribution in [-0.2, 0) is 82.2 Å². The monoisotopic (exact) mass is 893 g/mol. The fraction of sp³-hybridized carbons (Fsp3) is 0.788. The molecule has 2 rings (SSSR count). The normalized spacial score (nSPS) is 14.1. The zero-order chi connectivity index (χ0) is 42.8. The fourth-order valence-electron chi connectivity index (χ4n) is 5.20. The summed E-state index contributed by atoms with van der Waals surface area (Å²) >= 11 is 0. The SMILES string of the molecule is C.C=CCn1c(=O)n(CCC[Si](OC)(OC)OC)c(=O)n(CCC[Si](OC)(OC)OC)c1=O.C=C[Si](OC)(OC)OC.CO[Si](CCCOCC1CO1)(OC)OC. The second kappa shape index (κ2) is 30.3. The molecule has 0 N–H and O–H groups in total. The molecular formula is C33H71N3O17Si4. The van der Waals surface area contributed by atoms with E-state index in [1.165, 1.54) is 48.7 Å². The number of epoxide rings is 1. The molecule has 24 heteroatoms. The average molecular weight is 894 g/mol. The first-order valence-corrected chi connectivity index (χ1v) is 25.3. The summed E-state index contributed by atoms with van der Waals surface area (Å²) in [5.41, 5.74) is -0.484. The molecule has 0 aliphatic carbocycles. The van der Waals surface area contributed by atoms with Crippen molar-refractivity contribution in [2.75, 3.05) is 105 Å². The first-order chi connectivity index (χ1) is 26.7. The van der Waals surface area contributed by atoms with E-state index in [9.17, 15) is 14.4 Å². The van der Waals surface area contributed by atoms with E-state index in [0.717, 1.165) is 32.8 Å². The maximum atomic E-state index is 13.0. The lowest BCUT2D eigenvalue weighted by Gasteiger charge is -2.24. The topological polar surface area (TPSA) is 199 Å². The van der Waals surface area contributed by atoms with Gasteiger partial charge in [-0.05, 0) is 25.0 Å². The second-order valence-corrected chi connectivity index (χ2v) is 23.8. The van der Waals surface area contributed by atoms with Gasteiger partial charge in [0.05, 0.1) is 19.8 Å². The Kier molecular flexibility index (Phi) is 30.4. The Morgan fingerprint density at radius 3 is 1.18 bits per heavy atom. The van der Waals surface area contributed by atoms with Crippen molar-refractivity contribution in [1.82, 2.24) is 13.7 Å². The van der Waals surface area contributed by atoms with E-state index in [1.807, 2.05) is 0 Å². The van der Waals surface area contributed by atoms with Crippen LogP contribution in [-0.4, -0.2) is 160 Å². The summed E-state index contributed by atoms with van der Waals surface area (Å²) in [6.07, 6.45) is 3.42. The van der Waals surface area contributed by atoms with Gasteiger partial charge in [0.2, 0.25) is 0 Å². The molecule has 2 heterocycles. The molecule has 1 aromatic rings. The lowest BCUT2D eigenvalue weighted by molar-refractivity contribution is 0.100. The predicted molar refractivity (Wildman–Crippen MR) is 222 cm³/mol. The number of nitrogens with zero attached hydrogens (tertiary/aromatic N) is 3. The van der Waals surface area contributed by atoms with Gasteiger partial charge in [0, 0.05) is 123 Å². The van der Waals surface area contributed by atoms with E-state index < -0.39 is 52.3 Å². The Morgan fingerprint density at radius 2 is 0.912 bits per heavy atom. The number of aromatic nitrogens is 3. The summed E-state index contributed by atoms with van der Waals surface area (Å²) in [7, 11) is 7.91. The summed E-state index contributed by atoms with van der Waals surface area (Å²) in [5, 5.41) is 0. The summed E-state index contributed by atoms with van der Waals surface area (Å²) in [5.74, 6) is 0. The molecule has 0 saturated carbocycles. The van der Waals surface area contributed by atoms with E-state index >= 15 is 0 Å². The van der Waals surface area contributed by atoms with Gasteiger partial charge in [-0.3, -0.25) is 0 Å². The molecule has 336 valence electrons. The van der Waals surface area contributed by atoms with Gasteiger partial charge >= 0.3 is 52.3 Å². The molecule has 1 unspecified atom stereocenters. The van der Waals surface area contributed by atoms with Crippen molar-refractivity contribution in [1.29, 1.82) is 0 Å². The molecule has 57 heavy (non-hydrogen) atoms. The van der Waals surface area contributed by atoms with Crippen molar-refractivity contribution in [3.8, 4) is 0 Å².